The first-order valence-corrected chi connectivity index (χ1v) is 16.3. The first-order chi connectivity index (χ1) is 23.4. The smallest absolute Gasteiger partial charge is 0.319 e. The quantitative estimate of drug-likeness (QED) is 0.227. The number of nitrogens with one attached hydrogen (secondary N) is 1. The van der Waals surface area contributed by atoms with Crippen LogP contribution in [0.3, 0.4) is 0 Å². The van der Waals surface area contributed by atoms with Crippen LogP contribution in [-0.4, -0.2) is 63.3 Å². The van der Waals surface area contributed by atoms with Crippen LogP contribution < -0.4 is 15.0 Å². The number of halogens is 2. The van der Waals surface area contributed by atoms with E-state index in [1.807, 2.05) is 18.2 Å². The van der Waals surface area contributed by atoms with Crippen molar-refractivity contribution in [3.8, 4) is 35.4 Å². The van der Waals surface area contributed by atoms with E-state index in [0.717, 1.165) is 18.4 Å². The Balaban J connectivity index is 1.19. The number of aromatic hydroxyl groups is 1. The number of ether oxygens (including phenoxy) is 1. The summed E-state index contributed by atoms with van der Waals surface area (Å²) in [5, 5.41) is 16.0. The van der Waals surface area contributed by atoms with Gasteiger partial charge in [0.2, 0.25) is 0 Å². The fourth-order valence-electron chi connectivity index (χ4n) is 8.41. The summed E-state index contributed by atoms with van der Waals surface area (Å²) in [7, 11) is 0. The maximum absolute atomic E-state index is 17.0. The second-order valence-electron chi connectivity index (χ2n) is 13.4. The largest absolute Gasteiger partial charge is 0.508 e. The van der Waals surface area contributed by atoms with Crippen molar-refractivity contribution >= 4 is 27.5 Å². The Bertz CT molecular complexity index is 2200. The maximum Gasteiger partial charge on any atom is 0.319 e. The lowest BCUT2D eigenvalue weighted by atomic mass is 9.88. The van der Waals surface area contributed by atoms with Gasteiger partial charge in [-0.1, -0.05) is 42.3 Å². The Hall–Kier alpha value is -5.11. The number of nitrogens with zero attached hydrogens (tertiary/aromatic N) is 5. The lowest BCUT2D eigenvalue weighted by Gasteiger charge is -2.34. The van der Waals surface area contributed by atoms with Crippen molar-refractivity contribution < 1.29 is 18.6 Å². The molecule has 0 aliphatic carbocycles. The Labute approximate surface area is 276 Å². The van der Waals surface area contributed by atoms with E-state index in [4.69, 9.17) is 16.1 Å². The first kappa shape index (κ1) is 29.1. The molecule has 2 aromatic heterocycles. The van der Waals surface area contributed by atoms with E-state index in [9.17, 15) is 9.50 Å². The number of terminal acetylenes is 1. The van der Waals surface area contributed by atoms with Crippen molar-refractivity contribution in [2.24, 2.45) is 0 Å². The summed E-state index contributed by atoms with van der Waals surface area (Å²) in [6, 6.07) is 17.3. The zero-order valence-electron chi connectivity index (χ0n) is 26.1. The number of pyridine rings is 1. The number of piperazine rings is 1. The van der Waals surface area contributed by atoms with Crippen LogP contribution in [0.4, 0.5) is 14.6 Å². The molecule has 0 saturated carbocycles. The molecule has 240 valence electrons. The average Bonchev–Trinajstić information content (AvgIpc) is 3.74. The highest BCUT2D eigenvalue weighted by atomic mass is 19.1. The number of benzene rings is 3. The molecule has 0 amide bonds. The zero-order valence-corrected chi connectivity index (χ0v) is 26.1. The minimum atomic E-state index is -0.660. The fourth-order valence-corrected chi connectivity index (χ4v) is 8.41. The Morgan fingerprint density at radius 1 is 1.08 bits per heavy atom. The van der Waals surface area contributed by atoms with Gasteiger partial charge in [-0.05, 0) is 59.5 Å². The van der Waals surface area contributed by atoms with E-state index in [1.165, 1.54) is 11.6 Å². The van der Waals surface area contributed by atoms with Crippen LogP contribution in [0.2, 0.25) is 0 Å². The molecule has 1 unspecified atom stereocenters. The average molecular weight is 643 g/mol. The fraction of sp³-hybridized carbons (Fsp3) is 0.289. The summed E-state index contributed by atoms with van der Waals surface area (Å²) < 4.78 is 37.3. The van der Waals surface area contributed by atoms with Gasteiger partial charge < -0.3 is 20.1 Å². The normalized spacial score (nSPS) is 23.9. The monoisotopic (exact) mass is 642 g/mol. The number of phenolic OH excluding ortho intramolecular Hbond substituents is 1. The molecule has 10 heteroatoms. The van der Waals surface area contributed by atoms with E-state index in [0.29, 0.717) is 89.7 Å². The van der Waals surface area contributed by atoms with E-state index < -0.39 is 11.4 Å². The van der Waals surface area contributed by atoms with Crippen molar-refractivity contribution in [1.82, 2.24) is 25.2 Å². The highest BCUT2D eigenvalue weighted by Gasteiger charge is 2.50. The molecule has 4 aliphatic rings. The van der Waals surface area contributed by atoms with E-state index in [2.05, 4.69) is 43.1 Å². The molecule has 8 nitrogen and oxygen atoms in total. The van der Waals surface area contributed by atoms with Crippen molar-refractivity contribution in [2.75, 3.05) is 31.1 Å². The van der Waals surface area contributed by atoms with Crippen LogP contribution in [0, 0.1) is 18.2 Å². The van der Waals surface area contributed by atoms with Gasteiger partial charge in [0, 0.05) is 61.0 Å². The molecule has 0 spiro atoms. The number of aromatic nitrogens is 3. The maximum atomic E-state index is 17.0. The highest BCUT2D eigenvalue weighted by molar-refractivity contribution is 6.02. The van der Waals surface area contributed by atoms with Crippen molar-refractivity contribution in [2.45, 2.75) is 43.4 Å². The van der Waals surface area contributed by atoms with Crippen LogP contribution in [0.5, 0.6) is 11.8 Å². The second-order valence-corrected chi connectivity index (χ2v) is 13.4. The molecule has 3 aromatic carbocycles. The predicted octanol–water partition coefficient (Wildman–Crippen LogP) is 5.96. The summed E-state index contributed by atoms with van der Waals surface area (Å²) >= 11 is 0. The molecule has 3 fully saturated rings. The third-order valence-corrected chi connectivity index (χ3v) is 10.5. The van der Waals surface area contributed by atoms with Crippen LogP contribution in [0.1, 0.15) is 36.0 Å². The van der Waals surface area contributed by atoms with E-state index >= 15 is 4.39 Å². The molecule has 2 bridgehead atoms. The zero-order chi connectivity index (χ0) is 32.6. The second kappa shape index (κ2) is 11.0. The van der Waals surface area contributed by atoms with Crippen molar-refractivity contribution in [3.05, 3.63) is 95.2 Å². The first-order valence-electron chi connectivity index (χ1n) is 16.3. The summed E-state index contributed by atoms with van der Waals surface area (Å²) in [6.45, 7) is 2.78. The van der Waals surface area contributed by atoms with Crippen molar-refractivity contribution in [3.63, 3.8) is 0 Å². The van der Waals surface area contributed by atoms with Crippen molar-refractivity contribution in [1.29, 1.82) is 0 Å². The Morgan fingerprint density at radius 3 is 2.73 bits per heavy atom. The standard InChI is InChI=1S/C38H32F2N6O2/c1-2-23-7-5-8-24-12-28(47)13-29(32(23)24)34-33(40)35-30(16-41-34)36(45-19-26-10-11-27(20-45)42-26)44-37(43-35)48-21-38-14-22(15-39)17-46(38)18-25-6-3-4-9-31(25)38/h1,3-9,12-13,15-16,26-27,42,47H,10-11,14,17-21H2/t26-,27+,38?. The van der Waals surface area contributed by atoms with Gasteiger partial charge in [-0.25, -0.2) is 8.78 Å². The van der Waals surface area contributed by atoms with Gasteiger partial charge in [0.15, 0.2) is 5.82 Å². The molecule has 3 atom stereocenters. The summed E-state index contributed by atoms with van der Waals surface area (Å²) in [4.78, 5) is 18.6. The summed E-state index contributed by atoms with van der Waals surface area (Å²) in [5.41, 5.74) is 3.41. The lowest BCUT2D eigenvalue weighted by molar-refractivity contribution is 0.0827. The summed E-state index contributed by atoms with van der Waals surface area (Å²) in [6.07, 6.45) is 10.8. The molecule has 48 heavy (non-hydrogen) atoms. The Kier molecular flexibility index (Phi) is 6.64. The van der Waals surface area contributed by atoms with Crippen LogP contribution >= 0.6 is 0 Å². The van der Waals surface area contributed by atoms with Gasteiger partial charge in [-0.15, -0.1) is 6.42 Å². The molecule has 2 N–H and O–H groups in total. The molecule has 6 heterocycles. The third kappa shape index (κ3) is 4.45. The van der Waals surface area contributed by atoms with E-state index in [1.54, 1.807) is 24.4 Å². The molecule has 9 rings (SSSR count). The molecule has 4 aliphatic heterocycles. The Morgan fingerprint density at radius 2 is 1.92 bits per heavy atom. The number of fused-ring (bicyclic) bond motifs is 7. The lowest BCUT2D eigenvalue weighted by Crippen LogP contribution is -2.51. The number of phenols is 1. The van der Waals surface area contributed by atoms with Gasteiger partial charge in [-0.3, -0.25) is 9.88 Å². The van der Waals surface area contributed by atoms with Crippen LogP contribution in [0.15, 0.2) is 72.7 Å². The van der Waals surface area contributed by atoms with Gasteiger partial charge in [0.1, 0.15) is 29.4 Å². The van der Waals surface area contributed by atoms with E-state index in [-0.39, 0.29) is 29.6 Å². The molecular weight excluding hydrogens is 610 g/mol. The minimum Gasteiger partial charge on any atom is -0.508 e. The van der Waals surface area contributed by atoms with Crippen LogP contribution in [0.25, 0.3) is 32.9 Å². The van der Waals surface area contributed by atoms with Gasteiger partial charge >= 0.3 is 6.01 Å². The molecule has 5 aromatic rings. The topological polar surface area (TPSA) is 86.6 Å². The summed E-state index contributed by atoms with van der Waals surface area (Å²) in [5.74, 6) is 2.56. The highest BCUT2D eigenvalue weighted by Crippen LogP contribution is 2.49. The molecule has 3 saturated heterocycles. The number of rotatable bonds is 5. The minimum absolute atomic E-state index is 0.0186. The third-order valence-electron chi connectivity index (χ3n) is 10.5. The van der Waals surface area contributed by atoms with Gasteiger partial charge in [-0.2, -0.15) is 9.97 Å². The predicted molar refractivity (Wildman–Crippen MR) is 180 cm³/mol. The molecule has 0 radical (unpaired) electrons. The molecular formula is C38H32F2N6O2. The SMILES string of the molecule is C#Cc1cccc2cc(O)cc(-c3ncc4c(N5C[C@H]6CC[C@@H](C5)N6)nc(OCC56CC(=CF)CN5Cc5ccccc56)nc4c3F)c12. The number of hydrogen-bond donors (Lipinski definition) is 2. The van der Waals surface area contributed by atoms with Gasteiger partial charge in [0.25, 0.3) is 0 Å². The number of anilines is 1. The van der Waals surface area contributed by atoms with Gasteiger partial charge in [0.05, 0.1) is 17.3 Å². The number of hydrogen-bond acceptors (Lipinski definition) is 8. The van der Waals surface area contributed by atoms with Crippen LogP contribution in [-0.2, 0) is 12.1 Å².